The molecule has 1 nitrogen and oxygen atoms in total. The molecule has 0 saturated carbocycles. The first-order valence-electron chi connectivity index (χ1n) is 4.01. The molecule has 0 spiro atoms. The Balaban J connectivity index is 0.000000791. The zero-order chi connectivity index (χ0) is 11.4. The van der Waals surface area contributed by atoms with E-state index < -0.39 is 11.7 Å². The molecule has 1 aromatic rings. The predicted octanol–water partition coefficient (Wildman–Crippen LogP) is 1.58. The topological polar surface area (TPSA) is 20.2 Å². The Labute approximate surface area is 84.1 Å². The quantitative estimate of drug-likeness (QED) is 0.661. The van der Waals surface area contributed by atoms with E-state index in [2.05, 4.69) is 0 Å². The van der Waals surface area contributed by atoms with Gasteiger partial charge in [-0.25, -0.2) is 0 Å². The maximum Gasteiger partial charge on any atom is 0.416 e. The summed E-state index contributed by atoms with van der Waals surface area (Å²) >= 11 is 0. The molecular formula is C9H13F3OSi. The average molecular weight is 222 g/mol. The Morgan fingerprint density at radius 2 is 1.43 bits per heavy atom. The summed E-state index contributed by atoms with van der Waals surface area (Å²) in [6.07, 6.45) is -4.23. The number of rotatable bonds is 0. The lowest BCUT2D eigenvalue weighted by molar-refractivity contribution is -0.138. The van der Waals surface area contributed by atoms with Crippen molar-refractivity contribution in [1.82, 2.24) is 0 Å². The van der Waals surface area contributed by atoms with Gasteiger partial charge in [0.1, 0.15) is 10.5 Å². The predicted molar refractivity (Wildman–Crippen MR) is 53.1 cm³/mol. The lowest BCUT2D eigenvalue weighted by atomic mass is 10.0. The van der Waals surface area contributed by atoms with Gasteiger partial charge in [-0.1, -0.05) is 18.2 Å². The smallest absolute Gasteiger partial charge is 0.416 e. The highest BCUT2D eigenvalue weighted by molar-refractivity contribution is 5.95. The van der Waals surface area contributed by atoms with Gasteiger partial charge in [-0.3, -0.25) is 0 Å². The summed E-state index contributed by atoms with van der Waals surface area (Å²) in [4.78, 5) is 7.14. The van der Waals surface area contributed by atoms with E-state index in [0.29, 0.717) is 10.5 Å². The zero-order valence-electron chi connectivity index (χ0n) is 8.31. The average Bonchev–Trinajstić information content (AvgIpc) is 2.05. The normalized spacial score (nSPS) is 10.7. The van der Waals surface area contributed by atoms with Crippen molar-refractivity contribution >= 4 is 10.5 Å². The molecule has 0 heterocycles. The molecule has 1 rings (SSSR count). The van der Waals surface area contributed by atoms with E-state index >= 15 is 0 Å². The van der Waals surface area contributed by atoms with Crippen LogP contribution in [0.5, 0.6) is 0 Å². The van der Waals surface area contributed by atoms with Crippen molar-refractivity contribution in [3.05, 3.63) is 34.9 Å². The summed E-state index contributed by atoms with van der Waals surface area (Å²) in [6.45, 7) is 2.94. The molecule has 0 bridgehead atoms. The first-order chi connectivity index (χ1) is 6.43. The van der Waals surface area contributed by atoms with Crippen LogP contribution < -0.4 is 0 Å². The van der Waals surface area contributed by atoms with Crippen LogP contribution in [0.15, 0.2) is 18.2 Å². The molecule has 14 heavy (non-hydrogen) atoms. The third-order valence-electron chi connectivity index (χ3n) is 1.76. The van der Waals surface area contributed by atoms with E-state index in [1.807, 2.05) is 0 Å². The van der Waals surface area contributed by atoms with Gasteiger partial charge < -0.3 is 4.80 Å². The molecule has 1 aromatic carbocycles. The Kier molecular flexibility index (Phi) is 4.86. The van der Waals surface area contributed by atoms with E-state index in [9.17, 15) is 13.2 Å². The van der Waals surface area contributed by atoms with Gasteiger partial charge >= 0.3 is 6.18 Å². The largest absolute Gasteiger partial charge is 0.442 e. The molecule has 0 amide bonds. The fourth-order valence-electron chi connectivity index (χ4n) is 1.26. The van der Waals surface area contributed by atoms with Crippen molar-refractivity contribution in [2.45, 2.75) is 20.0 Å². The van der Waals surface area contributed by atoms with Gasteiger partial charge in [0.2, 0.25) is 0 Å². The maximum atomic E-state index is 12.3. The van der Waals surface area contributed by atoms with Gasteiger partial charge in [0.05, 0.1) is 5.56 Å². The lowest BCUT2D eigenvalue weighted by Gasteiger charge is -2.12. The standard InChI is InChI=1S/C9H9F3.H4OSi/c1-6-4-3-5-7(2)8(6)9(10,11)12;1-2/h3-5H,1-2H3;1H,2H3. The van der Waals surface area contributed by atoms with Crippen LogP contribution in [0.1, 0.15) is 16.7 Å². The molecule has 1 N–H and O–H groups in total. The van der Waals surface area contributed by atoms with E-state index in [0.717, 1.165) is 0 Å². The second-order valence-corrected chi connectivity index (χ2v) is 2.76. The van der Waals surface area contributed by atoms with Crippen molar-refractivity contribution in [3.63, 3.8) is 0 Å². The summed E-state index contributed by atoms with van der Waals surface area (Å²) in [7, 11) is 0.306. The highest BCUT2D eigenvalue weighted by atomic mass is 28.2. The van der Waals surface area contributed by atoms with Crippen molar-refractivity contribution in [2.75, 3.05) is 0 Å². The Hall–Kier alpha value is -0.813. The van der Waals surface area contributed by atoms with Gasteiger partial charge in [-0.2, -0.15) is 13.2 Å². The third kappa shape index (κ3) is 3.15. The van der Waals surface area contributed by atoms with Crippen LogP contribution >= 0.6 is 0 Å². The Bertz CT molecular complexity index is 276. The van der Waals surface area contributed by atoms with Crippen LogP contribution in [0.3, 0.4) is 0 Å². The first-order valence-corrected chi connectivity index (χ1v) is 4.90. The monoisotopic (exact) mass is 222 g/mol. The molecule has 0 unspecified atom stereocenters. The fraction of sp³-hybridized carbons (Fsp3) is 0.333. The molecule has 80 valence electrons. The molecule has 0 aliphatic rings. The molecule has 5 heteroatoms. The summed E-state index contributed by atoms with van der Waals surface area (Å²) in [5.74, 6) is 0. The van der Waals surface area contributed by atoms with E-state index in [1.165, 1.54) is 26.0 Å². The van der Waals surface area contributed by atoms with Gasteiger partial charge in [0.15, 0.2) is 0 Å². The Morgan fingerprint density at radius 3 is 1.64 bits per heavy atom. The highest BCUT2D eigenvalue weighted by Crippen LogP contribution is 2.33. The minimum absolute atomic E-state index is 0.280. The second-order valence-electron chi connectivity index (χ2n) is 2.76. The number of hydrogen-bond acceptors (Lipinski definition) is 1. The van der Waals surface area contributed by atoms with Crippen LogP contribution in [0.2, 0.25) is 0 Å². The van der Waals surface area contributed by atoms with Crippen LogP contribution in [0.4, 0.5) is 13.2 Å². The van der Waals surface area contributed by atoms with Crippen LogP contribution in [0, 0.1) is 13.8 Å². The molecule has 0 aliphatic carbocycles. The minimum atomic E-state index is -4.23. The fourth-order valence-corrected chi connectivity index (χ4v) is 1.26. The van der Waals surface area contributed by atoms with E-state index in [4.69, 9.17) is 4.80 Å². The number of benzene rings is 1. The minimum Gasteiger partial charge on any atom is -0.442 e. The summed E-state index contributed by atoms with van der Waals surface area (Å²) in [6, 6.07) is 4.56. The molecular weight excluding hydrogens is 209 g/mol. The number of alkyl halides is 3. The van der Waals surface area contributed by atoms with Crippen molar-refractivity contribution < 1.29 is 18.0 Å². The molecule has 0 saturated heterocycles. The number of halogens is 3. The summed E-state index contributed by atoms with van der Waals surface area (Å²) in [5, 5.41) is 0. The van der Waals surface area contributed by atoms with Crippen molar-refractivity contribution in [3.8, 4) is 0 Å². The molecule has 0 aliphatic heterocycles. The van der Waals surface area contributed by atoms with Gasteiger partial charge in [-0.05, 0) is 25.0 Å². The number of aryl methyl sites for hydroxylation is 2. The summed E-state index contributed by atoms with van der Waals surface area (Å²) < 4.78 is 36.9. The number of hydrogen-bond donors (Lipinski definition) is 1. The van der Waals surface area contributed by atoms with Gasteiger partial charge in [-0.15, -0.1) is 0 Å². The van der Waals surface area contributed by atoms with E-state index in [1.54, 1.807) is 6.07 Å². The van der Waals surface area contributed by atoms with Crippen LogP contribution in [0.25, 0.3) is 0 Å². The highest BCUT2D eigenvalue weighted by Gasteiger charge is 2.33. The lowest BCUT2D eigenvalue weighted by Crippen LogP contribution is -2.09. The van der Waals surface area contributed by atoms with Gasteiger partial charge in [0, 0.05) is 0 Å². The summed E-state index contributed by atoms with van der Waals surface area (Å²) in [5.41, 5.74) is 0.0509. The van der Waals surface area contributed by atoms with Crippen molar-refractivity contribution in [1.29, 1.82) is 0 Å². The van der Waals surface area contributed by atoms with Crippen molar-refractivity contribution in [2.24, 2.45) is 0 Å². The maximum absolute atomic E-state index is 12.3. The van der Waals surface area contributed by atoms with Gasteiger partial charge in [0.25, 0.3) is 0 Å². The Morgan fingerprint density at radius 1 is 1.07 bits per heavy atom. The molecule has 0 atom stereocenters. The zero-order valence-corrected chi connectivity index (χ0v) is 10.3. The van der Waals surface area contributed by atoms with Crippen LogP contribution in [-0.4, -0.2) is 15.3 Å². The molecule has 0 fully saturated rings. The SMILES string of the molecule is Cc1cccc(C)c1C(F)(F)F.O[SiH3]. The molecule has 0 aromatic heterocycles. The van der Waals surface area contributed by atoms with Crippen LogP contribution in [-0.2, 0) is 6.18 Å². The third-order valence-corrected chi connectivity index (χ3v) is 1.76. The first kappa shape index (κ1) is 13.2. The molecule has 0 radical (unpaired) electrons. The van der Waals surface area contributed by atoms with E-state index in [-0.39, 0.29) is 11.1 Å². The second kappa shape index (κ2) is 5.16.